The molecule has 0 aliphatic heterocycles. The van der Waals surface area contributed by atoms with E-state index in [1.807, 2.05) is 40.6 Å². The van der Waals surface area contributed by atoms with Crippen LogP contribution >= 0.6 is 11.3 Å². The lowest BCUT2D eigenvalue weighted by molar-refractivity contribution is -0.119. The van der Waals surface area contributed by atoms with Crippen molar-refractivity contribution in [3.05, 3.63) is 41.9 Å². The first kappa shape index (κ1) is 12.5. The molecule has 2 rings (SSSR count). The van der Waals surface area contributed by atoms with E-state index in [4.69, 9.17) is 11.5 Å². The Morgan fingerprint density at radius 1 is 1.39 bits per heavy atom. The van der Waals surface area contributed by atoms with Crippen molar-refractivity contribution < 1.29 is 4.79 Å². The molecule has 0 saturated carbocycles. The third-order valence-electron chi connectivity index (χ3n) is 2.46. The van der Waals surface area contributed by atoms with Crippen LogP contribution in [0.4, 0.5) is 10.8 Å². The molecule has 2 aromatic rings. The molecule has 1 atom stereocenters. The number of benzene rings is 1. The zero-order valence-electron chi connectivity index (χ0n) is 9.69. The Kier molecular flexibility index (Phi) is 3.91. The van der Waals surface area contributed by atoms with Crippen LogP contribution < -0.4 is 16.4 Å². The molecular weight excluding hydrogens is 248 g/mol. The molecular formula is C12H14N4OS. The highest BCUT2D eigenvalue weighted by atomic mass is 32.1. The fourth-order valence-electron chi connectivity index (χ4n) is 1.54. The Morgan fingerprint density at radius 3 is 2.67 bits per heavy atom. The number of carbonyl (C=O) groups excluding carboxylic acids is 1. The van der Waals surface area contributed by atoms with Crippen LogP contribution in [0.15, 0.2) is 41.9 Å². The number of thiazole rings is 1. The highest BCUT2D eigenvalue weighted by Gasteiger charge is 2.18. The summed E-state index contributed by atoms with van der Waals surface area (Å²) in [6.07, 6.45) is 1.71. The summed E-state index contributed by atoms with van der Waals surface area (Å²) in [6.45, 7) is 0.312. The summed E-state index contributed by atoms with van der Waals surface area (Å²) in [4.78, 5) is 17.2. The molecule has 1 heterocycles. The Labute approximate surface area is 109 Å². The number of carbonyl (C=O) groups is 1. The number of para-hydroxylation sites is 1. The number of anilines is 2. The molecule has 0 aliphatic carbocycles. The summed E-state index contributed by atoms with van der Waals surface area (Å²) in [5.74, 6) is -0.521. The molecule has 0 bridgehead atoms. The van der Waals surface area contributed by atoms with Crippen LogP contribution in [0.5, 0.6) is 0 Å². The molecule has 5 nitrogen and oxygen atoms in total. The van der Waals surface area contributed by atoms with Gasteiger partial charge in [-0.2, -0.15) is 0 Å². The van der Waals surface area contributed by atoms with E-state index in [1.54, 1.807) is 6.20 Å². The SMILES string of the molecule is NC(=O)C(N)CN(c1ccccc1)c1nccs1. The lowest BCUT2D eigenvalue weighted by atomic mass is 10.2. The van der Waals surface area contributed by atoms with E-state index in [0.29, 0.717) is 6.54 Å². The molecule has 1 aromatic carbocycles. The van der Waals surface area contributed by atoms with E-state index in [9.17, 15) is 4.79 Å². The van der Waals surface area contributed by atoms with Gasteiger partial charge >= 0.3 is 0 Å². The van der Waals surface area contributed by atoms with E-state index in [2.05, 4.69) is 4.98 Å². The van der Waals surface area contributed by atoms with E-state index in [1.165, 1.54) is 11.3 Å². The van der Waals surface area contributed by atoms with Crippen molar-refractivity contribution in [3.8, 4) is 0 Å². The third-order valence-corrected chi connectivity index (χ3v) is 3.26. The van der Waals surface area contributed by atoms with Gasteiger partial charge in [0.05, 0.1) is 0 Å². The minimum atomic E-state index is -0.728. The maximum Gasteiger partial charge on any atom is 0.236 e. The van der Waals surface area contributed by atoms with E-state index >= 15 is 0 Å². The number of amides is 1. The summed E-state index contributed by atoms with van der Waals surface area (Å²) in [5.41, 5.74) is 11.9. The predicted molar refractivity (Wildman–Crippen MR) is 72.7 cm³/mol. The molecule has 94 valence electrons. The summed E-state index contributed by atoms with van der Waals surface area (Å²) < 4.78 is 0. The summed E-state index contributed by atoms with van der Waals surface area (Å²) in [7, 11) is 0. The van der Waals surface area contributed by atoms with Gasteiger partial charge in [0.1, 0.15) is 6.04 Å². The number of hydrogen-bond donors (Lipinski definition) is 2. The van der Waals surface area contributed by atoms with Gasteiger partial charge in [-0.1, -0.05) is 18.2 Å². The van der Waals surface area contributed by atoms with Gasteiger partial charge in [0.15, 0.2) is 5.13 Å². The maximum absolute atomic E-state index is 11.1. The summed E-state index contributed by atoms with van der Waals surface area (Å²) in [5, 5.41) is 2.67. The number of nitrogens with two attached hydrogens (primary N) is 2. The van der Waals surface area contributed by atoms with Crippen LogP contribution in [0.2, 0.25) is 0 Å². The minimum absolute atomic E-state index is 0.312. The van der Waals surface area contributed by atoms with Gasteiger partial charge in [-0.15, -0.1) is 11.3 Å². The fourth-order valence-corrected chi connectivity index (χ4v) is 2.21. The van der Waals surface area contributed by atoms with E-state index < -0.39 is 11.9 Å². The molecule has 6 heteroatoms. The minimum Gasteiger partial charge on any atom is -0.368 e. The standard InChI is InChI=1S/C12H14N4OS/c13-10(11(14)17)8-16(12-15-6-7-18-12)9-4-2-1-3-5-9/h1-7,10H,8,13H2,(H2,14,17). The highest BCUT2D eigenvalue weighted by Crippen LogP contribution is 2.26. The Hall–Kier alpha value is -1.92. The molecule has 1 aromatic heterocycles. The summed E-state index contributed by atoms with van der Waals surface area (Å²) >= 11 is 1.49. The predicted octanol–water partition coefficient (Wildman–Crippen LogP) is 1.09. The summed E-state index contributed by atoms with van der Waals surface area (Å²) in [6, 6.07) is 8.92. The molecule has 18 heavy (non-hydrogen) atoms. The maximum atomic E-state index is 11.1. The third kappa shape index (κ3) is 2.85. The van der Waals surface area contributed by atoms with Crippen molar-refractivity contribution in [1.82, 2.24) is 4.98 Å². The van der Waals surface area contributed by atoms with Gasteiger partial charge in [0.25, 0.3) is 0 Å². The monoisotopic (exact) mass is 262 g/mol. The molecule has 0 saturated heterocycles. The van der Waals surface area contributed by atoms with Crippen molar-refractivity contribution in [2.45, 2.75) is 6.04 Å². The molecule has 1 unspecified atom stereocenters. The number of hydrogen-bond acceptors (Lipinski definition) is 5. The normalized spacial score (nSPS) is 12.1. The molecule has 0 radical (unpaired) electrons. The first-order chi connectivity index (χ1) is 8.68. The van der Waals surface area contributed by atoms with Crippen molar-refractivity contribution in [3.63, 3.8) is 0 Å². The number of rotatable bonds is 5. The first-order valence-electron chi connectivity index (χ1n) is 5.45. The van der Waals surface area contributed by atoms with Crippen LogP contribution in [0.1, 0.15) is 0 Å². The zero-order chi connectivity index (χ0) is 13.0. The second kappa shape index (κ2) is 5.61. The van der Waals surface area contributed by atoms with Crippen molar-refractivity contribution >= 4 is 28.1 Å². The number of aromatic nitrogens is 1. The molecule has 1 amide bonds. The topological polar surface area (TPSA) is 85.2 Å². The van der Waals surface area contributed by atoms with Crippen molar-refractivity contribution in [2.75, 3.05) is 11.4 Å². The van der Waals surface area contributed by atoms with Gasteiger partial charge in [-0.3, -0.25) is 4.79 Å². The van der Waals surface area contributed by atoms with Gasteiger partial charge in [-0.25, -0.2) is 4.98 Å². The smallest absolute Gasteiger partial charge is 0.236 e. The second-order valence-electron chi connectivity index (χ2n) is 3.77. The van der Waals surface area contributed by atoms with Crippen LogP contribution in [-0.4, -0.2) is 23.5 Å². The quantitative estimate of drug-likeness (QED) is 0.844. The number of primary amides is 1. The fraction of sp³-hybridized carbons (Fsp3) is 0.167. The van der Waals surface area contributed by atoms with E-state index in [0.717, 1.165) is 10.8 Å². The van der Waals surface area contributed by atoms with Gasteiger partial charge < -0.3 is 16.4 Å². The highest BCUT2D eigenvalue weighted by molar-refractivity contribution is 7.13. The Bertz CT molecular complexity index is 500. The first-order valence-corrected chi connectivity index (χ1v) is 6.33. The van der Waals surface area contributed by atoms with Crippen molar-refractivity contribution in [2.24, 2.45) is 11.5 Å². The Balaban J connectivity index is 2.27. The van der Waals surface area contributed by atoms with Crippen molar-refractivity contribution in [1.29, 1.82) is 0 Å². The van der Waals surface area contributed by atoms with Crippen LogP contribution in [0.25, 0.3) is 0 Å². The largest absolute Gasteiger partial charge is 0.368 e. The number of nitrogens with zero attached hydrogens (tertiary/aromatic N) is 2. The van der Waals surface area contributed by atoms with Gasteiger partial charge in [-0.05, 0) is 12.1 Å². The van der Waals surface area contributed by atoms with Crippen LogP contribution in [0.3, 0.4) is 0 Å². The average molecular weight is 262 g/mol. The molecule has 4 N–H and O–H groups in total. The molecule has 0 fully saturated rings. The van der Waals surface area contributed by atoms with E-state index in [-0.39, 0.29) is 0 Å². The van der Waals surface area contributed by atoms with Crippen LogP contribution in [0, 0.1) is 0 Å². The average Bonchev–Trinajstić information content (AvgIpc) is 2.90. The molecule has 0 spiro atoms. The van der Waals surface area contributed by atoms with Gasteiger partial charge in [0.2, 0.25) is 5.91 Å². The Morgan fingerprint density at radius 2 is 2.11 bits per heavy atom. The van der Waals surface area contributed by atoms with Crippen LogP contribution in [-0.2, 0) is 4.79 Å². The van der Waals surface area contributed by atoms with Gasteiger partial charge in [0, 0.05) is 23.8 Å². The molecule has 0 aliphatic rings. The lowest BCUT2D eigenvalue weighted by Crippen LogP contribution is -2.44. The lowest BCUT2D eigenvalue weighted by Gasteiger charge is -2.24. The second-order valence-corrected chi connectivity index (χ2v) is 4.64. The zero-order valence-corrected chi connectivity index (χ0v) is 10.5.